The molecule has 0 aromatic heterocycles. The Labute approximate surface area is 140 Å². The molecule has 0 radical (unpaired) electrons. The number of alkyl halides is 1. The Morgan fingerprint density at radius 2 is 1.95 bits per heavy atom. The molecule has 4 nitrogen and oxygen atoms in total. The van der Waals surface area contributed by atoms with Crippen molar-refractivity contribution in [2.45, 2.75) is 23.3 Å². The predicted molar refractivity (Wildman–Crippen MR) is 85.7 cm³/mol. The molecule has 112 valence electrons. The van der Waals surface area contributed by atoms with Crippen molar-refractivity contribution in [3.8, 4) is 0 Å². The van der Waals surface area contributed by atoms with Crippen LogP contribution in [0.15, 0.2) is 32.0 Å². The van der Waals surface area contributed by atoms with Crippen LogP contribution in [0.1, 0.15) is 12.8 Å². The van der Waals surface area contributed by atoms with Gasteiger partial charge in [-0.15, -0.1) is 11.6 Å². The van der Waals surface area contributed by atoms with Crippen molar-refractivity contribution < 1.29 is 13.2 Å². The molecular formula is C12H14Br2ClNO3S. The highest BCUT2D eigenvalue weighted by molar-refractivity contribution is 9.11. The van der Waals surface area contributed by atoms with Crippen LogP contribution in [0.3, 0.4) is 0 Å². The molecule has 0 unspecified atom stereocenters. The summed E-state index contributed by atoms with van der Waals surface area (Å²) in [7, 11) is -3.65. The van der Waals surface area contributed by atoms with E-state index in [1.165, 1.54) is 0 Å². The topological polar surface area (TPSA) is 55.4 Å². The van der Waals surface area contributed by atoms with Crippen LogP contribution in [-0.2, 0) is 14.8 Å². The number of halogens is 3. The molecule has 1 aromatic rings. The Bertz CT molecular complexity index is 588. The van der Waals surface area contributed by atoms with Crippen LogP contribution in [-0.4, -0.2) is 33.1 Å². The van der Waals surface area contributed by atoms with E-state index >= 15 is 0 Å². The molecule has 1 N–H and O–H groups in total. The predicted octanol–water partition coefficient (Wildman–Crippen LogP) is 3.28. The van der Waals surface area contributed by atoms with Gasteiger partial charge in [0.2, 0.25) is 10.0 Å². The summed E-state index contributed by atoms with van der Waals surface area (Å²) in [4.78, 5) is 0.197. The first-order valence-corrected chi connectivity index (χ1v) is 9.62. The lowest BCUT2D eigenvalue weighted by Crippen LogP contribution is -2.53. The normalized spacial score (nSPS) is 18.9. The van der Waals surface area contributed by atoms with E-state index in [1.54, 1.807) is 18.2 Å². The number of hydrogen-bond donors (Lipinski definition) is 1. The van der Waals surface area contributed by atoms with E-state index in [0.29, 0.717) is 35.0 Å². The summed E-state index contributed by atoms with van der Waals surface area (Å²) in [5.74, 6) is 0.223. The first-order valence-electron chi connectivity index (χ1n) is 6.01. The molecule has 0 atom stereocenters. The van der Waals surface area contributed by atoms with Gasteiger partial charge in [0.15, 0.2) is 0 Å². The van der Waals surface area contributed by atoms with Crippen LogP contribution in [0, 0.1) is 0 Å². The quantitative estimate of drug-likeness (QED) is 0.721. The van der Waals surface area contributed by atoms with Crippen LogP contribution in [0.4, 0.5) is 0 Å². The van der Waals surface area contributed by atoms with Crippen LogP contribution in [0.25, 0.3) is 0 Å². The highest BCUT2D eigenvalue weighted by Gasteiger charge is 2.36. The Morgan fingerprint density at radius 1 is 1.30 bits per heavy atom. The van der Waals surface area contributed by atoms with E-state index in [-0.39, 0.29) is 10.8 Å². The molecule has 0 amide bonds. The summed E-state index contributed by atoms with van der Waals surface area (Å²) < 4.78 is 34.4. The van der Waals surface area contributed by atoms with Crippen molar-refractivity contribution in [3.63, 3.8) is 0 Å². The average Bonchev–Trinajstić information content (AvgIpc) is 2.42. The van der Waals surface area contributed by atoms with E-state index in [0.717, 1.165) is 0 Å². The number of nitrogens with one attached hydrogen (secondary N) is 1. The fourth-order valence-corrected chi connectivity index (χ4v) is 5.42. The van der Waals surface area contributed by atoms with Crippen LogP contribution in [0.2, 0.25) is 0 Å². The number of benzene rings is 1. The smallest absolute Gasteiger partial charge is 0.242 e. The van der Waals surface area contributed by atoms with Crippen molar-refractivity contribution >= 4 is 53.5 Å². The molecule has 1 aliphatic rings. The molecule has 8 heteroatoms. The van der Waals surface area contributed by atoms with Gasteiger partial charge in [-0.05, 0) is 47.0 Å². The number of rotatable bonds is 4. The first-order chi connectivity index (χ1) is 9.38. The number of ether oxygens (including phenoxy) is 1. The fraction of sp³-hybridized carbons (Fsp3) is 0.500. The zero-order chi connectivity index (χ0) is 14.8. The van der Waals surface area contributed by atoms with Crippen molar-refractivity contribution in [2.75, 3.05) is 19.1 Å². The van der Waals surface area contributed by atoms with Gasteiger partial charge in [-0.25, -0.2) is 13.1 Å². The SMILES string of the molecule is O=S(=O)(NC1(CCl)CCOCC1)c1cc(Br)ccc1Br. The molecule has 0 saturated carbocycles. The molecule has 1 fully saturated rings. The number of hydrogen-bond acceptors (Lipinski definition) is 3. The van der Waals surface area contributed by atoms with Crippen molar-refractivity contribution in [1.29, 1.82) is 0 Å². The Morgan fingerprint density at radius 3 is 2.55 bits per heavy atom. The maximum absolute atomic E-state index is 12.6. The molecule has 0 aliphatic carbocycles. The molecule has 1 aromatic carbocycles. The van der Waals surface area contributed by atoms with E-state index in [2.05, 4.69) is 36.6 Å². The molecular weight excluding hydrogens is 433 g/mol. The zero-order valence-electron chi connectivity index (χ0n) is 10.5. The van der Waals surface area contributed by atoms with Gasteiger partial charge in [0.25, 0.3) is 0 Å². The molecule has 1 aliphatic heterocycles. The van der Waals surface area contributed by atoms with Gasteiger partial charge in [0, 0.05) is 28.0 Å². The van der Waals surface area contributed by atoms with Crippen molar-refractivity contribution in [1.82, 2.24) is 4.72 Å². The third-order valence-corrected chi connectivity index (χ3v) is 6.82. The second-order valence-corrected chi connectivity index (χ2v) is 8.39. The van der Waals surface area contributed by atoms with Gasteiger partial charge in [-0.3, -0.25) is 0 Å². The molecule has 1 heterocycles. The standard InChI is InChI=1S/C12H14Br2ClNO3S/c13-9-1-2-10(14)11(7-9)20(17,18)16-12(8-15)3-5-19-6-4-12/h1-2,7,16H,3-6,8H2. The van der Waals surface area contributed by atoms with Gasteiger partial charge >= 0.3 is 0 Å². The van der Waals surface area contributed by atoms with Gasteiger partial charge in [0.1, 0.15) is 0 Å². The van der Waals surface area contributed by atoms with Crippen LogP contribution < -0.4 is 4.72 Å². The van der Waals surface area contributed by atoms with Gasteiger partial charge in [0.05, 0.1) is 10.4 Å². The highest BCUT2D eigenvalue weighted by Crippen LogP contribution is 2.29. The summed E-state index contributed by atoms with van der Waals surface area (Å²) in [5.41, 5.74) is -0.638. The molecule has 0 spiro atoms. The summed E-state index contributed by atoms with van der Waals surface area (Å²) in [5, 5.41) is 0. The van der Waals surface area contributed by atoms with Gasteiger partial charge < -0.3 is 4.74 Å². The van der Waals surface area contributed by atoms with E-state index < -0.39 is 15.6 Å². The Hall–Kier alpha value is 0.340. The van der Waals surface area contributed by atoms with Gasteiger partial charge in [-0.2, -0.15) is 0 Å². The maximum atomic E-state index is 12.6. The lowest BCUT2D eigenvalue weighted by molar-refractivity contribution is 0.0549. The van der Waals surface area contributed by atoms with E-state index in [1.807, 2.05) is 0 Å². The van der Waals surface area contributed by atoms with Gasteiger partial charge in [-0.1, -0.05) is 15.9 Å². The van der Waals surface area contributed by atoms with E-state index in [4.69, 9.17) is 16.3 Å². The third kappa shape index (κ3) is 3.75. The van der Waals surface area contributed by atoms with E-state index in [9.17, 15) is 8.42 Å². The maximum Gasteiger partial charge on any atom is 0.242 e. The summed E-state index contributed by atoms with van der Waals surface area (Å²) in [6, 6.07) is 5.03. The average molecular weight is 448 g/mol. The molecule has 2 rings (SSSR count). The molecule has 0 bridgehead atoms. The second kappa shape index (κ2) is 6.62. The first kappa shape index (κ1) is 16.7. The fourth-order valence-electron chi connectivity index (χ4n) is 2.05. The summed E-state index contributed by atoms with van der Waals surface area (Å²) >= 11 is 12.6. The van der Waals surface area contributed by atoms with Crippen LogP contribution in [0.5, 0.6) is 0 Å². The minimum absolute atomic E-state index is 0.197. The van der Waals surface area contributed by atoms with Crippen molar-refractivity contribution in [3.05, 3.63) is 27.1 Å². The summed E-state index contributed by atoms with van der Waals surface area (Å²) in [6.07, 6.45) is 1.14. The zero-order valence-corrected chi connectivity index (χ0v) is 15.3. The number of sulfonamides is 1. The largest absolute Gasteiger partial charge is 0.381 e. The summed E-state index contributed by atoms with van der Waals surface area (Å²) in [6.45, 7) is 1.02. The Kier molecular flexibility index (Phi) is 5.53. The minimum Gasteiger partial charge on any atom is -0.381 e. The molecule has 20 heavy (non-hydrogen) atoms. The highest BCUT2D eigenvalue weighted by atomic mass is 79.9. The lowest BCUT2D eigenvalue weighted by Gasteiger charge is -2.35. The minimum atomic E-state index is -3.65. The lowest BCUT2D eigenvalue weighted by atomic mass is 9.94. The van der Waals surface area contributed by atoms with Crippen LogP contribution >= 0.6 is 43.5 Å². The Balaban J connectivity index is 2.32. The monoisotopic (exact) mass is 445 g/mol. The second-order valence-electron chi connectivity index (χ2n) is 4.71. The van der Waals surface area contributed by atoms with Crippen molar-refractivity contribution in [2.24, 2.45) is 0 Å². The molecule has 1 saturated heterocycles. The third-order valence-electron chi connectivity index (χ3n) is 3.24.